The Labute approximate surface area is 89.9 Å². The van der Waals surface area contributed by atoms with Gasteiger partial charge in [0.05, 0.1) is 0 Å². The lowest BCUT2D eigenvalue weighted by Gasteiger charge is -2.46. The van der Waals surface area contributed by atoms with Gasteiger partial charge in [0, 0.05) is 13.1 Å². The zero-order valence-corrected chi connectivity index (χ0v) is 10.5. The minimum absolute atomic E-state index is 0.584. The summed E-state index contributed by atoms with van der Waals surface area (Å²) in [4.78, 5) is 2.43. The first-order valence-electron chi connectivity index (χ1n) is 6.25. The van der Waals surface area contributed by atoms with E-state index in [-0.39, 0.29) is 0 Å². The van der Waals surface area contributed by atoms with Crippen molar-refractivity contribution in [2.75, 3.05) is 20.1 Å². The van der Waals surface area contributed by atoms with Gasteiger partial charge in [-0.25, -0.2) is 0 Å². The molecule has 0 N–H and O–H groups in total. The van der Waals surface area contributed by atoms with E-state index in [1.807, 2.05) is 0 Å². The van der Waals surface area contributed by atoms with E-state index in [9.17, 15) is 0 Å². The molecule has 0 saturated carbocycles. The molecule has 0 amide bonds. The summed E-state index contributed by atoms with van der Waals surface area (Å²) in [5.74, 6) is 0.953. The van der Waals surface area contributed by atoms with Crippen LogP contribution in [0, 0.1) is 11.3 Å². The fourth-order valence-corrected chi connectivity index (χ4v) is 2.40. The first-order valence-corrected chi connectivity index (χ1v) is 6.25. The molecule has 1 heterocycles. The minimum atomic E-state index is 0.584. The molecule has 1 rings (SSSR count). The van der Waals surface area contributed by atoms with Crippen LogP contribution in [0.1, 0.15) is 52.9 Å². The van der Waals surface area contributed by atoms with Gasteiger partial charge >= 0.3 is 0 Å². The second kappa shape index (κ2) is 5.16. The molecule has 1 nitrogen and oxygen atoms in total. The molecule has 0 aromatic carbocycles. The highest BCUT2D eigenvalue weighted by Crippen LogP contribution is 2.37. The Hall–Kier alpha value is -0.0400. The standard InChI is InChI=1S/C13H27N/c1-5-6-7-8-9-13(2,3)12-10-14(4)11-12/h12H,5-11H2,1-4H3. The highest BCUT2D eigenvalue weighted by Gasteiger charge is 2.36. The fourth-order valence-electron chi connectivity index (χ4n) is 2.40. The molecule has 0 spiro atoms. The SMILES string of the molecule is CCCCCCC(C)(C)C1CN(C)C1. The second-order valence-electron chi connectivity index (χ2n) is 5.72. The van der Waals surface area contributed by atoms with Crippen molar-refractivity contribution < 1.29 is 0 Å². The molecular weight excluding hydrogens is 170 g/mol. The molecule has 0 aromatic heterocycles. The lowest BCUT2D eigenvalue weighted by Crippen LogP contribution is -2.50. The van der Waals surface area contributed by atoms with Gasteiger partial charge in [-0.2, -0.15) is 0 Å². The Morgan fingerprint density at radius 1 is 1.14 bits per heavy atom. The van der Waals surface area contributed by atoms with Crippen LogP contribution in [-0.4, -0.2) is 25.0 Å². The predicted molar refractivity (Wildman–Crippen MR) is 63.5 cm³/mol. The maximum Gasteiger partial charge on any atom is 0.00241 e. The predicted octanol–water partition coefficient (Wildman–Crippen LogP) is 3.54. The van der Waals surface area contributed by atoms with Gasteiger partial charge in [0.2, 0.25) is 0 Å². The molecule has 0 aromatic rings. The van der Waals surface area contributed by atoms with Crippen LogP contribution >= 0.6 is 0 Å². The summed E-state index contributed by atoms with van der Waals surface area (Å²) in [6.45, 7) is 9.83. The smallest absolute Gasteiger partial charge is 0.00241 e. The largest absolute Gasteiger partial charge is 0.306 e. The fraction of sp³-hybridized carbons (Fsp3) is 1.00. The van der Waals surface area contributed by atoms with Crippen LogP contribution in [0.25, 0.3) is 0 Å². The quantitative estimate of drug-likeness (QED) is 0.589. The van der Waals surface area contributed by atoms with Crippen molar-refractivity contribution >= 4 is 0 Å². The van der Waals surface area contributed by atoms with Gasteiger partial charge in [-0.1, -0.05) is 46.5 Å². The van der Waals surface area contributed by atoms with Crippen LogP contribution in [0.3, 0.4) is 0 Å². The van der Waals surface area contributed by atoms with Gasteiger partial charge in [-0.05, 0) is 24.8 Å². The molecule has 1 fully saturated rings. The zero-order valence-electron chi connectivity index (χ0n) is 10.5. The Morgan fingerprint density at radius 3 is 2.29 bits per heavy atom. The molecule has 84 valence electrons. The van der Waals surface area contributed by atoms with Crippen molar-refractivity contribution in [1.82, 2.24) is 4.90 Å². The van der Waals surface area contributed by atoms with Crippen LogP contribution in [0.5, 0.6) is 0 Å². The zero-order chi connectivity index (χ0) is 10.6. The Bertz CT molecular complexity index is 157. The Morgan fingerprint density at radius 2 is 1.79 bits per heavy atom. The van der Waals surface area contributed by atoms with Crippen LogP contribution in [0.2, 0.25) is 0 Å². The lowest BCUT2D eigenvalue weighted by atomic mass is 9.71. The van der Waals surface area contributed by atoms with Crippen LogP contribution in [-0.2, 0) is 0 Å². The highest BCUT2D eigenvalue weighted by molar-refractivity contribution is 4.88. The van der Waals surface area contributed by atoms with E-state index in [4.69, 9.17) is 0 Å². The first-order chi connectivity index (χ1) is 6.56. The number of hydrogen-bond donors (Lipinski definition) is 0. The molecule has 0 bridgehead atoms. The molecule has 1 aliphatic heterocycles. The number of unbranched alkanes of at least 4 members (excludes halogenated alkanes) is 3. The Balaban J connectivity index is 2.14. The van der Waals surface area contributed by atoms with Crippen molar-refractivity contribution in [3.63, 3.8) is 0 Å². The van der Waals surface area contributed by atoms with Crippen LogP contribution in [0.15, 0.2) is 0 Å². The van der Waals surface area contributed by atoms with Crippen LogP contribution in [0.4, 0.5) is 0 Å². The lowest BCUT2D eigenvalue weighted by molar-refractivity contribution is 0.0281. The average molecular weight is 197 g/mol. The third-order valence-corrected chi connectivity index (χ3v) is 3.84. The summed E-state index contributed by atoms with van der Waals surface area (Å²) in [5.41, 5.74) is 0.584. The van der Waals surface area contributed by atoms with E-state index in [2.05, 4.69) is 32.7 Å². The van der Waals surface area contributed by atoms with Gasteiger partial charge in [-0.3, -0.25) is 0 Å². The second-order valence-corrected chi connectivity index (χ2v) is 5.72. The van der Waals surface area contributed by atoms with Gasteiger partial charge in [0.25, 0.3) is 0 Å². The summed E-state index contributed by atoms with van der Waals surface area (Å²) in [6, 6.07) is 0. The minimum Gasteiger partial charge on any atom is -0.306 e. The molecule has 1 aliphatic rings. The normalized spacial score (nSPS) is 19.7. The van der Waals surface area contributed by atoms with Gasteiger partial charge < -0.3 is 4.90 Å². The van der Waals surface area contributed by atoms with Crippen molar-refractivity contribution in [2.45, 2.75) is 52.9 Å². The van der Waals surface area contributed by atoms with Crippen molar-refractivity contribution in [2.24, 2.45) is 11.3 Å². The number of likely N-dealkylation sites (tertiary alicyclic amines) is 1. The summed E-state index contributed by atoms with van der Waals surface area (Å²) < 4.78 is 0. The van der Waals surface area contributed by atoms with Crippen molar-refractivity contribution in [3.05, 3.63) is 0 Å². The Kier molecular flexibility index (Phi) is 4.43. The molecular formula is C13H27N. The van der Waals surface area contributed by atoms with Crippen molar-refractivity contribution in [1.29, 1.82) is 0 Å². The summed E-state index contributed by atoms with van der Waals surface area (Å²) in [5, 5.41) is 0. The third-order valence-electron chi connectivity index (χ3n) is 3.84. The molecule has 0 aliphatic carbocycles. The third kappa shape index (κ3) is 3.27. The van der Waals surface area contributed by atoms with E-state index in [1.165, 1.54) is 45.2 Å². The van der Waals surface area contributed by atoms with E-state index < -0.39 is 0 Å². The summed E-state index contributed by atoms with van der Waals surface area (Å²) in [7, 11) is 2.23. The average Bonchev–Trinajstić information content (AvgIpc) is 2.07. The monoisotopic (exact) mass is 197 g/mol. The van der Waals surface area contributed by atoms with Crippen LogP contribution < -0.4 is 0 Å². The number of rotatable bonds is 6. The molecule has 14 heavy (non-hydrogen) atoms. The maximum atomic E-state index is 2.45. The van der Waals surface area contributed by atoms with E-state index in [0.717, 1.165) is 5.92 Å². The van der Waals surface area contributed by atoms with Crippen molar-refractivity contribution in [3.8, 4) is 0 Å². The molecule has 1 saturated heterocycles. The van der Waals surface area contributed by atoms with E-state index in [1.54, 1.807) is 0 Å². The maximum absolute atomic E-state index is 2.45. The van der Waals surface area contributed by atoms with E-state index >= 15 is 0 Å². The number of hydrogen-bond acceptors (Lipinski definition) is 1. The topological polar surface area (TPSA) is 3.24 Å². The molecule has 0 unspecified atom stereocenters. The van der Waals surface area contributed by atoms with E-state index in [0.29, 0.717) is 5.41 Å². The molecule has 1 heteroatoms. The molecule has 0 atom stereocenters. The summed E-state index contributed by atoms with van der Waals surface area (Å²) in [6.07, 6.45) is 7.06. The van der Waals surface area contributed by atoms with Gasteiger partial charge in [-0.15, -0.1) is 0 Å². The summed E-state index contributed by atoms with van der Waals surface area (Å²) >= 11 is 0. The number of nitrogens with zero attached hydrogens (tertiary/aromatic N) is 1. The van der Waals surface area contributed by atoms with Gasteiger partial charge in [0.15, 0.2) is 0 Å². The highest BCUT2D eigenvalue weighted by atomic mass is 15.2. The van der Waals surface area contributed by atoms with Gasteiger partial charge in [0.1, 0.15) is 0 Å². The first kappa shape index (κ1) is 12.0. The molecule has 0 radical (unpaired) electrons.